The minimum Gasteiger partial charge on any atom is -0.508 e. The Balaban J connectivity index is 1.99. The van der Waals surface area contributed by atoms with Crippen molar-refractivity contribution in [2.45, 2.75) is 11.3 Å². The second-order valence-electron chi connectivity index (χ2n) is 3.49. The molecule has 2 aromatic rings. The van der Waals surface area contributed by atoms with Gasteiger partial charge in [-0.25, -0.2) is 13.1 Å². The third-order valence-corrected chi connectivity index (χ3v) is 3.63. The van der Waals surface area contributed by atoms with Gasteiger partial charge in [0.2, 0.25) is 16.4 Å². The molecule has 1 heterocycles. The molecule has 0 atom stereocenters. The van der Waals surface area contributed by atoms with Gasteiger partial charge in [0.15, 0.2) is 5.82 Å². The number of benzene rings is 1. The molecule has 18 heavy (non-hydrogen) atoms. The van der Waals surface area contributed by atoms with E-state index in [2.05, 4.69) is 19.4 Å². The molecule has 0 radical (unpaired) electrons. The van der Waals surface area contributed by atoms with Crippen LogP contribution in [0, 0.1) is 0 Å². The number of phenolic OH excluding ortho intramolecular Hbond substituents is 1. The van der Waals surface area contributed by atoms with Crippen LogP contribution in [0.25, 0.3) is 0 Å². The number of sulfonamides is 1. The molecular weight excluding hydrogens is 258 g/mol. The van der Waals surface area contributed by atoms with E-state index in [1.54, 1.807) is 0 Å². The Morgan fingerprint density at radius 1 is 1.39 bits per heavy atom. The predicted molar refractivity (Wildman–Crippen MR) is 61.3 cm³/mol. The first-order chi connectivity index (χ1) is 8.58. The maximum absolute atomic E-state index is 11.8. The molecular formula is C10H11N3O4S. The Hall–Kier alpha value is -1.93. The van der Waals surface area contributed by atoms with Crippen molar-refractivity contribution in [2.75, 3.05) is 6.54 Å². The summed E-state index contributed by atoms with van der Waals surface area (Å²) in [6, 6.07) is 5.44. The summed E-state index contributed by atoms with van der Waals surface area (Å²) in [6.45, 7) is 0.150. The van der Waals surface area contributed by atoms with Gasteiger partial charge < -0.3 is 9.63 Å². The largest absolute Gasteiger partial charge is 0.508 e. The maximum Gasteiger partial charge on any atom is 0.240 e. The summed E-state index contributed by atoms with van der Waals surface area (Å²) in [7, 11) is -3.63. The lowest BCUT2D eigenvalue weighted by atomic mass is 10.3. The molecule has 7 nitrogen and oxygen atoms in total. The van der Waals surface area contributed by atoms with Gasteiger partial charge in [-0.15, -0.1) is 0 Å². The van der Waals surface area contributed by atoms with E-state index < -0.39 is 10.0 Å². The average Bonchev–Trinajstić information content (AvgIpc) is 2.82. The number of aromatic hydroxyl groups is 1. The van der Waals surface area contributed by atoms with Crippen molar-refractivity contribution in [1.29, 1.82) is 0 Å². The maximum atomic E-state index is 11.8. The van der Waals surface area contributed by atoms with Crippen molar-refractivity contribution in [2.24, 2.45) is 0 Å². The van der Waals surface area contributed by atoms with Gasteiger partial charge >= 0.3 is 0 Å². The fraction of sp³-hybridized carbons (Fsp3) is 0.200. The van der Waals surface area contributed by atoms with Crippen molar-refractivity contribution in [3.05, 3.63) is 36.5 Å². The number of hydrogen-bond acceptors (Lipinski definition) is 6. The highest BCUT2D eigenvalue weighted by Gasteiger charge is 2.14. The Morgan fingerprint density at radius 2 is 2.22 bits per heavy atom. The fourth-order valence-corrected chi connectivity index (χ4v) is 2.40. The molecule has 1 aromatic carbocycles. The quantitative estimate of drug-likeness (QED) is 0.808. The Labute approximate surface area is 104 Å². The normalized spacial score (nSPS) is 11.6. The van der Waals surface area contributed by atoms with E-state index in [1.807, 2.05) is 0 Å². The molecule has 2 N–H and O–H groups in total. The first-order valence-electron chi connectivity index (χ1n) is 5.12. The highest BCUT2D eigenvalue weighted by atomic mass is 32.2. The molecule has 0 unspecified atom stereocenters. The Bertz CT molecular complexity index is 610. The van der Waals surface area contributed by atoms with Crippen LogP contribution in [0.1, 0.15) is 5.82 Å². The summed E-state index contributed by atoms with van der Waals surface area (Å²) in [5, 5.41) is 12.8. The van der Waals surface area contributed by atoms with Crippen LogP contribution in [0.2, 0.25) is 0 Å². The van der Waals surface area contributed by atoms with Crippen LogP contribution < -0.4 is 4.72 Å². The summed E-state index contributed by atoms with van der Waals surface area (Å²) in [5.74, 6) is 0.324. The fourth-order valence-electron chi connectivity index (χ4n) is 1.33. The monoisotopic (exact) mass is 269 g/mol. The van der Waals surface area contributed by atoms with Crippen molar-refractivity contribution in [3.63, 3.8) is 0 Å². The number of nitrogens with one attached hydrogen (secondary N) is 1. The minimum atomic E-state index is -3.63. The van der Waals surface area contributed by atoms with E-state index in [-0.39, 0.29) is 17.2 Å². The van der Waals surface area contributed by atoms with E-state index in [0.717, 1.165) is 0 Å². The Morgan fingerprint density at radius 3 is 2.89 bits per heavy atom. The van der Waals surface area contributed by atoms with Gasteiger partial charge in [-0.2, -0.15) is 4.98 Å². The lowest BCUT2D eigenvalue weighted by Gasteiger charge is -2.05. The first kappa shape index (κ1) is 12.5. The van der Waals surface area contributed by atoms with Gasteiger partial charge in [-0.1, -0.05) is 11.2 Å². The zero-order valence-electron chi connectivity index (χ0n) is 9.28. The van der Waals surface area contributed by atoms with Crippen molar-refractivity contribution in [1.82, 2.24) is 14.9 Å². The molecule has 1 aromatic heterocycles. The van der Waals surface area contributed by atoms with Crippen molar-refractivity contribution in [3.8, 4) is 5.75 Å². The molecule has 0 bridgehead atoms. The smallest absolute Gasteiger partial charge is 0.240 e. The zero-order valence-corrected chi connectivity index (χ0v) is 10.1. The van der Waals surface area contributed by atoms with Crippen LogP contribution in [-0.2, 0) is 16.4 Å². The van der Waals surface area contributed by atoms with Crippen LogP contribution in [0.5, 0.6) is 5.75 Å². The standard InChI is InChI=1S/C10H11N3O4S/c14-8-2-1-3-9(6-8)18(15,16)12-5-4-10-11-7-17-13-10/h1-3,6-7,12,14H,4-5H2. The van der Waals surface area contributed by atoms with E-state index in [9.17, 15) is 13.5 Å². The van der Waals surface area contributed by atoms with Crippen LogP contribution in [0.3, 0.4) is 0 Å². The SMILES string of the molecule is O=S(=O)(NCCc1ncon1)c1cccc(O)c1. The van der Waals surface area contributed by atoms with E-state index in [4.69, 9.17) is 0 Å². The highest BCUT2D eigenvalue weighted by Crippen LogP contribution is 2.15. The van der Waals surface area contributed by atoms with Crippen molar-refractivity contribution >= 4 is 10.0 Å². The molecule has 0 saturated carbocycles. The van der Waals surface area contributed by atoms with Crippen LogP contribution in [-0.4, -0.2) is 30.2 Å². The molecule has 0 amide bonds. The molecule has 96 valence electrons. The number of rotatable bonds is 5. The zero-order chi connectivity index (χ0) is 13.0. The molecule has 0 aliphatic heterocycles. The van der Waals surface area contributed by atoms with Gasteiger partial charge in [0.25, 0.3) is 0 Å². The second kappa shape index (κ2) is 5.15. The number of phenols is 1. The molecule has 0 saturated heterocycles. The Kier molecular flexibility index (Phi) is 3.58. The summed E-state index contributed by atoms with van der Waals surface area (Å²) in [5.41, 5.74) is 0. The average molecular weight is 269 g/mol. The number of aromatic nitrogens is 2. The van der Waals surface area contributed by atoms with E-state index >= 15 is 0 Å². The topological polar surface area (TPSA) is 105 Å². The molecule has 8 heteroatoms. The summed E-state index contributed by atoms with van der Waals surface area (Å²) < 4.78 is 30.6. The second-order valence-corrected chi connectivity index (χ2v) is 5.26. The number of hydrogen-bond donors (Lipinski definition) is 2. The van der Waals surface area contributed by atoms with Gasteiger partial charge in [0.1, 0.15) is 5.75 Å². The van der Waals surface area contributed by atoms with Gasteiger partial charge in [0, 0.05) is 13.0 Å². The molecule has 0 fully saturated rings. The summed E-state index contributed by atoms with van der Waals surface area (Å²) in [4.78, 5) is 3.78. The van der Waals surface area contributed by atoms with E-state index in [0.29, 0.717) is 12.2 Å². The molecule has 0 spiro atoms. The van der Waals surface area contributed by atoms with Crippen molar-refractivity contribution < 1.29 is 18.0 Å². The van der Waals surface area contributed by atoms with Crippen LogP contribution in [0.15, 0.2) is 40.1 Å². The third-order valence-electron chi connectivity index (χ3n) is 2.18. The predicted octanol–water partition coefficient (Wildman–Crippen LogP) is 0.296. The highest BCUT2D eigenvalue weighted by molar-refractivity contribution is 7.89. The van der Waals surface area contributed by atoms with Gasteiger partial charge in [-0.05, 0) is 18.2 Å². The lowest BCUT2D eigenvalue weighted by molar-refractivity contribution is 0.410. The molecule has 2 rings (SSSR count). The van der Waals surface area contributed by atoms with Crippen LogP contribution >= 0.6 is 0 Å². The van der Waals surface area contributed by atoms with Gasteiger partial charge in [0.05, 0.1) is 4.90 Å². The third kappa shape index (κ3) is 3.05. The lowest BCUT2D eigenvalue weighted by Crippen LogP contribution is -2.26. The number of nitrogens with zero attached hydrogens (tertiary/aromatic N) is 2. The van der Waals surface area contributed by atoms with Gasteiger partial charge in [-0.3, -0.25) is 0 Å². The molecule has 0 aliphatic carbocycles. The first-order valence-corrected chi connectivity index (χ1v) is 6.60. The van der Waals surface area contributed by atoms with Crippen LogP contribution in [0.4, 0.5) is 0 Å². The summed E-state index contributed by atoms with van der Waals surface area (Å²) >= 11 is 0. The minimum absolute atomic E-state index is 0.00983. The molecule has 0 aliphatic rings. The summed E-state index contributed by atoms with van der Waals surface area (Å²) in [6.07, 6.45) is 1.51. The van der Waals surface area contributed by atoms with E-state index in [1.165, 1.54) is 30.7 Å².